The summed E-state index contributed by atoms with van der Waals surface area (Å²) in [4.78, 5) is 28.2. The molecule has 0 radical (unpaired) electrons. The van der Waals surface area contributed by atoms with Crippen LogP contribution in [-0.4, -0.2) is 44.9 Å². The Hall–Kier alpha value is 0.330. The average molecular weight is 245 g/mol. The van der Waals surface area contributed by atoms with E-state index in [0.29, 0.717) is 0 Å². The van der Waals surface area contributed by atoms with Gasteiger partial charge in [-0.05, 0) is 12.1 Å². The van der Waals surface area contributed by atoms with E-state index in [0.717, 1.165) is 0 Å². The van der Waals surface area contributed by atoms with Crippen LogP contribution in [0.2, 0.25) is 5.02 Å². The van der Waals surface area contributed by atoms with Crippen LogP contribution in [0.4, 0.5) is 0 Å². The zero-order valence-corrected chi connectivity index (χ0v) is 8.00. The molecule has 0 spiro atoms. The van der Waals surface area contributed by atoms with Crippen LogP contribution in [0.15, 0.2) is 24.3 Å². The molecule has 1 rings (SSSR count). The Morgan fingerprint density at radius 1 is 1.29 bits per heavy atom. The van der Waals surface area contributed by atoms with E-state index in [9.17, 15) is 9.36 Å². The van der Waals surface area contributed by atoms with Crippen molar-refractivity contribution in [3.8, 4) is 0 Å². The van der Waals surface area contributed by atoms with Crippen molar-refractivity contribution in [2.24, 2.45) is 0 Å². The second-order valence-corrected chi connectivity index (χ2v) is 4.23. The Labute approximate surface area is 108 Å². The third-order valence-corrected chi connectivity index (χ3v) is 2.47. The van der Waals surface area contributed by atoms with E-state index in [1.165, 1.54) is 18.2 Å². The van der Waals surface area contributed by atoms with Gasteiger partial charge in [-0.1, -0.05) is 23.7 Å². The number of hydrogen-bond donors (Lipinski definition) is 2. The van der Waals surface area contributed by atoms with Crippen molar-refractivity contribution in [2.45, 2.75) is 0 Å². The van der Waals surface area contributed by atoms with Crippen LogP contribution in [0.3, 0.4) is 0 Å². The van der Waals surface area contributed by atoms with Gasteiger partial charge in [-0.2, -0.15) is 0 Å². The van der Waals surface area contributed by atoms with E-state index in [2.05, 4.69) is 0 Å². The van der Waals surface area contributed by atoms with Crippen molar-refractivity contribution in [1.82, 2.24) is 0 Å². The number of benzene rings is 1. The third-order valence-electron chi connectivity index (χ3n) is 1.37. The summed E-state index contributed by atoms with van der Waals surface area (Å²) in [5.41, 5.74) is -1.41. The monoisotopic (exact) mass is 244 g/mol. The maximum atomic E-state index is 11.0. The fourth-order valence-corrected chi connectivity index (χ4v) is 1.59. The molecule has 0 amide bonds. The fourth-order valence-electron chi connectivity index (χ4n) is 0.792. The van der Waals surface area contributed by atoms with E-state index >= 15 is 0 Å². The molecule has 1 aromatic carbocycles. The number of rotatable bonds is 2. The second-order valence-electron chi connectivity index (χ2n) is 2.33. The van der Waals surface area contributed by atoms with Crippen LogP contribution in [-0.2, 0) is 4.57 Å². The summed E-state index contributed by atoms with van der Waals surface area (Å²) in [5, 5.41) is 0.0378. The molecule has 1 aromatic rings. The van der Waals surface area contributed by atoms with Crippen LogP contribution in [0.5, 0.6) is 0 Å². The minimum absolute atomic E-state index is 0. The molecule has 0 aliphatic rings. The number of carbonyl (C=O) groups excluding carboxylic acids is 1. The zero-order chi connectivity index (χ0) is 10.1. The molecular weight excluding hydrogens is 237 g/mol. The molecule has 7 heteroatoms. The van der Waals surface area contributed by atoms with Gasteiger partial charge in [0.2, 0.25) is 0 Å². The minimum atomic E-state index is -4.73. The molecule has 72 valence electrons. The first-order valence-corrected chi connectivity index (χ1v) is 5.27. The second kappa shape index (κ2) is 5.42. The van der Waals surface area contributed by atoms with Gasteiger partial charge >= 0.3 is 37.2 Å². The molecule has 0 aliphatic carbocycles. The van der Waals surface area contributed by atoms with Gasteiger partial charge < -0.3 is 9.79 Å². The first-order chi connectivity index (χ1) is 5.93. The molecule has 0 saturated carbocycles. The summed E-state index contributed by atoms with van der Waals surface area (Å²) >= 11 is 5.56. The first-order valence-electron chi connectivity index (χ1n) is 3.28. The Balaban J connectivity index is 0.00000169. The fraction of sp³-hybridized carbons (Fsp3) is 0. The van der Waals surface area contributed by atoms with Crippen LogP contribution in [0.25, 0.3) is 0 Å². The summed E-state index contributed by atoms with van der Waals surface area (Å²) in [7, 11) is -4.73. The summed E-state index contributed by atoms with van der Waals surface area (Å²) in [6, 6.07) is 5.71. The number of halogens is 1. The number of hydrogen-bond acceptors (Lipinski definition) is 2. The van der Waals surface area contributed by atoms with Crippen molar-refractivity contribution >= 4 is 54.3 Å². The van der Waals surface area contributed by atoms with E-state index < -0.39 is 13.1 Å². The van der Waals surface area contributed by atoms with Gasteiger partial charge in [-0.3, -0.25) is 9.36 Å². The van der Waals surface area contributed by atoms with Gasteiger partial charge in [0, 0.05) is 5.56 Å². The summed E-state index contributed by atoms with van der Waals surface area (Å²) in [6.45, 7) is 0. The van der Waals surface area contributed by atoms with Gasteiger partial charge in [0.15, 0.2) is 0 Å². The van der Waals surface area contributed by atoms with Crippen molar-refractivity contribution in [2.75, 3.05) is 0 Å². The van der Waals surface area contributed by atoms with Crippen molar-refractivity contribution < 1.29 is 19.1 Å². The van der Waals surface area contributed by atoms with Gasteiger partial charge in [0.25, 0.3) is 5.52 Å². The summed E-state index contributed by atoms with van der Waals surface area (Å²) in [5.74, 6) is 0. The van der Waals surface area contributed by atoms with Crippen molar-refractivity contribution in [3.05, 3.63) is 34.9 Å². The van der Waals surface area contributed by atoms with Crippen LogP contribution in [0, 0.1) is 0 Å². The average Bonchev–Trinajstić information content (AvgIpc) is 2.02. The third kappa shape index (κ3) is 3.48. The molecule has 0 unspecified atom stereocenters. The number of carbonyl (C=O) groups is 1. The first kappa shape index (κ1) is 14.3. The van der Waals surface area contributed by atoms with Gasteiger partial charge in [-0.15, -0.1) is 0 Å². The quantitative estimate of drug-likeness (QED) is 0.601. The normalized spacial score (nSPS) is 10.5. The molecule has 0 aromatic heterocycles. The molecule has 0 saturated heterocycles. The Kier molecular flexibility index (Phi) is 5.55. The molecule has 4 nitrogen and oxygen atoms in total. The zero-order valence-electron chi connectivity index (χ0n) is 6.35. The molecule has 0 heterocycles. The topological polar surface area (TPSA) is 74.6 Å². The standard InChI is InChI=1S/C7H6ClO4P.Na.H/c8-6-4-2-1-3-5(6)7(9)13(10,11)12;;/h1-4H,(H2,10,11,12);;. The van der Waals surface area contributed by atoms with E-state index in [-0.39, 0.29) is 40.1 Å². The van der Waals surface area contributed by atoms with Gasteiger partial charge in [0.05, 0.1) is 5.02 Å². The molecule has 0 aliphatic heterocycles. The molecule has 0 fully saturated rings. The molecule has 0 atom stereocenters. The molecule has 0 bridgehead atoms. The molecule has 2 N–H and O–H groups in total. The Bertz CT molecular complexity index is 389. The van der Waals surface area contributed by atoms with E-state index in [1.54, 1.807) is 6.07 Å². The maximum absolute atomic E-state index is 11.0. The van der Waals surface area contributed by atoms with Gasteiger partial charge in [0.1, 0.15) is 0 Å². The SMILES string of the molecule is O=C(c1ccccc1Cl)P(=O)(O)O.[NaH]. The predicted molar refractivity (Wildman–Crippen MR) is 55.0 cm³/mol. The predicted octanol–water partition coefficient (Wildman–Crippen LogP) is 1.01. The van der Waals surface area contributed by atoms with Crippen molar-refractivity contribution in [3.63, 3.8) is 0 Å². The summed E-state index contributed by atoms with van der Waals surface area (Å²) in [6.07, 6.45) is 0. The summed E-state index contributed by atoms with van der Waals surface area (Å²) < 4.78 is 10.6. The molecular formula is C7H7ClNaO4P. The van der Waals surface area contributed by atoms with E-state index in [1.807, 2.05) is 0 Å². The Morgan fingerprint density at radius 3 is 2.21 bits per heavy atom. The van der Waals surface area contributed by atoms with E-state index in [4.69, 9.17) is 21.4 Å². The van der Waals surface area contributed by atoms with Crippen LogP contribution < -0.4 is 0 Å². The van der Waals surface area contributed by atoms with Gasteiger partial charge in [-0.25, -0.2) is 0 Å². The molecule has 14 heavy (non-hydrogen) atoms. The Morgan fingerprint density at radius 2 is 1.79 bits per heavy atom. The van der Waals surface area contributed by atoms with Crippen molar-refractivity contribution in [1.29, 1.82) is 0 Å². The van der Waals surface area contributed by atoms with Crippen LogP contribution in [0.1, 0.15) is 10.4 Å². The van der Waals surface area contributed by atoms with Crippen LogP contribution >= 0.6 is 19.2 Å².